The van der Waals surface area contributed by atoms with Crippen molar-refractivity contribution in [2.45, 2.75) is 37.3 Å². The molecule has 0 heterocycles. The predicted molar refractivity (Wildman–Crippen MR) is 139 cm³/mol. The summed E-state index contributed by atoms with van der Waals surface area (Å²) >= 11 is 0. The molecule has 3 atom stereocenters. The Bertz CT molecular complexity index is 1070. The lowest BCUT2D eigenvalue weighted by molar-refractivity contribution is -0.0828. The standard InChI is InChI=1S/C32H32O3/c33-30-22-21-26(31(30)34-23-25-13-5-1-6-14-25)24-35-32(27-15-7-2-8-16-27,28-17-9-3-10-18-28)29-19-11-4-12-20-29/h1-20,26,30-31,33H,21-24H2/t26-,30+,31+/m1/s1. The fourth-order valence-corrected chi connectivity index (χ4v) is 5.22. The van der Waals surface area contributed by atoms with Gasteiger partial charge in [-0.25, -0.2) is 0 Å². The molecule has 1 saturated carbocycles. The van der Waals surface area contributed by atoms with Gasteiger partial charge in [0.15, 0.2) is 0 Å². The molecular weight excluding hydrogens is 432 g/mol. The molecule has 1 N–H and O–H groups in total. The van der Waals surface area contributed by atoms with Crippen molar-refractivity contribution in [3.8, 4) is 0 Å². The minimum atomic E-state index is -0.763. The zero-order valence-electron chi connectivity index (χ0n) is 19.9. The highest BCUT2D eigenvalue weighted by Gasteiger charge is 2.41. The molecule has 0 spiro atoms. The quantitative estimate of drug-likeness (QED) is 0.293. The van der Waals surface area contributed by atoms with E-state index in [0.717, 1.165) is 35.1 Å². The summed E-state index contributed by atoms with van der Waals surface area (Å²) in [5.41, 5.74) is 3.59. The second-order valence-electron chi connectivity index (χ2n) is 9.26. The third kappa shape index (κ3) is 5.08. The van der Waals surface area contributed by atoms with Crippen LogP contribution in [0.3, 0.4) is 0 Å². The molecule has 0 saturated heterocycles. The van der Waals surface area contributed by atoms with Gasteiger partial charge in [-0.1, -0.05) is 121 Å². The largest absolute Gasteiger partial charge is 0.390 e. The monoisotopic (exact) mass is 464 g/mol. The first-order chi connectivity index (χ1) is 17.3. The van der Waals surface area contributed by atoms with Crippen LogP contribution < -0.4 is 0 Å². The van der Waals surface area contributed by atoms with Crippen LogP contribution >= 0.6 is 0 Å². The Morgan fingerprint density at radius 1 is 0.629 bits per heavy atom. The van der Waals surface area contributed by atoms with E-state index >= 15 is 0 Å². The topological polar surface area (TPSA) is 38.7 Å². The number of hydrogen-bond donors (Lipinski definition) is 1. The van der Waals surface area contributed by atoms with Gasteiger partial charge in [0.05, 0.1) is 25.4 Å². The van der Waals surface area contributed by atoms with Crippen molar-refractivity contribution in [2.75, 3.05) is 6.61 Å². The van der Waals surface area contributed by atoms with Crippen LogP contribution in [0.1, 0.15) is 35.1 Å². The van der Waals surface area contributed by atoms with Crippen LogP contribution in [0.2, 0.25) is 0 Å². The molecule has 4 aromatic rings. The molecule has 0 bridgehead atoms. The Morgan fingerprint density at radius 3 is 1.57 bits per heavy atom. The SMILES string of the molecule is O[C@H]1CC[C@H](COC(c2ccccc2)(c2ccccc2)c2ccccc2)[C@@H]1OCc1ccccc1. The number of aliphatic hydroxyl groups excluding tert-OH is 1. The van der Waals surface area contributed by atoms with E-state index in [4.69, 9.17) is 9.47 Å². The van der Waals surface area contributed by atoms with Crippen LogP contribution in [0, 0.1) is 5.92 Å². The van der Waals surface area contributed by atoms with Gasteiger partial charge in [-0.3, -0.25) is 0 Å². The molecule has 35 heavy (non-hydrogen) atoms. The highest BCUT2D eigenvalue weighted by Crippen LogP contribution is 2.42. The van der Waals surface area contributed by atoms with E-state index in [1.807, 2.05) is 36.4 Å². The van der Waals surface area contributed by atoms with E-state index in [2.05, 4.69) is 84.9 Å². The molecule has 0 unspecified atom stereocenters. The maximum Gasteiger partial charge on any atom is 0.143 e. The summed E-state index contributed by atoms with van der Waals surface area (Å²) < 4.78 is 13.3. The Morgan fingerprint density at radius 2 is 1.09 bits per heavy atom. The lowest BCUT2D eigenvalue weighted by Crippen LogP contribution is -2.37. The Balaban J connectivity index is 1.46. The van der Waals surface area contributed by atoms with Crippen LogP contribution in [-0.2, 0) is 21.7 Å². The normalized spacial score (nSPS) is 20.1. The number of ether oxygens (including phenoxy) is 2. The zero-order valence-corrected chi connectivity index (χ0v) is 19.9. The molecule has 4 aromatic carbocycles. The van der Waals surface area contributed by atoms with Gasteiger partial charge in [0.25, 0.3) is 0 Å². The maximum atomic E-state index is 10.7. The molecule has 1 fully saturated rings. The van der Waals surface area contributed by atoms with Crippen LogP contribution in [0.4, 0.5) is 0 Å². The first kappa shape index (κ1) is 23.5. The Kier molecular flexibility index (Phi) is 7.39. The smallest absolute Gasteiger partial charge is 0.143 e. The average molecular weight is 465 g/mol. The Labute approximate surface area is 208 Å². The average Bonchev–Trinajstić information content (AvgIpc) is 3.29. The van der Waals surface area contributed by atoms with E-state index in [0.29, 0.717) is 13.2 Å². The maximum absolute atomic E-state index is 10.7. The lowest BCUT2D eigenvalue weighted by Gasteiger charge is -2.37. The summed E-state index contributed by atoms with van der Waals surface area (Å²) in [7, 11) is 0. The van der Waals surface area contributed by atoms with E-state index in [-0.39, 0.29) is 12.0 Å². The van der Waals surface area contributed by atoms with E-state index in [1.165, 1.54) is 0 Å². The summed E-state index contributed by atoms with van der Waals surface area (Å²) in [5.74, 6) is 0.101. The fourth-order valence-electron chi connectivity index (χ4n) is 5.22. The van der Waals surface area contributed by atoms with E-state index < -0.39 is 11.7 Å². The van der Waals surface area contributed by atoms with E-state index in [9.17, 15) is 5.11 Å². The highest BCUT2D eigenvalue weighted by atomic mass is 16.5. The zero-order chi connectivity index (χ0) is 23.9. The van der Waals surface area contributed by atoms with Crippen LogP contribution in [0.15, 0.2) is 121 Å². The molecule has 1 aliphatic carbocycles. The van der Waals surface area contributed by atoms with Gasteiger partial charge >= 0.3 is 0 Å². The summed E-state index contributed by atoms with van der Waals surface area (Å²) in [6.45, 7) is 0.968. The summed E-state index contributed by atoms with van der Waals surface area (Å²) in [6, 6.07) is 41.4. The minimum Gasteiger partial charge on any atom is -0.390 e. The van der Waals surface area contributed by atoms with Gasteiger partial charge in [0.1, 0.15) is 5.60 Å². The Hall–Kier alpha value is -3.24. The number of hydrogen-bond acceptors (Lipinski definition) is 3. The lowest BCUT2D eigenvalue weighted by atomic mass is 9.80. The van der Waals surface area contributed by atoms with Crippen molar-refractivity contribution in [1.29, 1.82) is 0 Å². The van der Waals surface area contributed by atoms with Crippen molar-refractivity contribution in [3.05, 3.63) is 144 Å². The summed E-state index contributed by atoms with van der Waals surface area (Å²) in [4.78, 5) is 0. The number of benzene rings is 4. The van der Waals surface area contributed by atoms with Gasteiger partial charge in [-0.15, -0.1) is 0 Å². The van der Waals surface area contributed by atoms with Gasteiger partial charge < -0.3 is 14.6 Å². The first-order valence-electron chi connectivity index (χ1n) is 12.4. The molecule has 0 aliphatic heterocycles. The predicted octanol–water partition coefficient (Wildman–Crippen LogP) is 6.35. The van der Waals surface area contributed by atoms with E-state index in [1.54, 1.807) is 0 Å². The van der Waals surface area contributed by atoms with Crippen molar-refractivity contribution in [2.24, 2.45) is 5.92 Å². The molecule has 5 rings (SSSR count). The van der Waals surface area contributed by atoms with Crippen LogP contribution in [0.25, 0.3) is 0 Å². The fraction of sp³-hybridized carbons (Fsp3) is 0.250. The minimum absolute atomic E-state index is 0.101. The number of rotatable bonds is 9. The summed E-state index contributed by atoms with van der Waals surface area (Å²) in [6.07, 6.45) is 0.861. The second-order valence-corrected chi connectivity index (χ2v) is 9.26. The molecule has 1 aliphatic rings. The molecule has 0 radical (unpaired) electrons. The number of aliphatic hydroxyl groups is 1. The molecule has 178 valence electrons. The first-order valence-corrected chi connectivity index (χ1v) is 12.4. The van der Waals surface area contributed by atoms with Crippen molar-refractivity contribution in [1.82, 2.24) is 0 Å². The molecular formula is C32H32O3. The van der Waals surface area contributed by atoms with Crippen LogP contribution in [-0.4, -0.2) is 23.9 Å². The third-order valence-electron chi connectivity index (χ3n) is 7.02. The highest BCUT2D eigenvalue weighted by molar-refractivity contribution is 5.47. The van der Waals surface area contributed by atoms with Gasteiger partial charge in [-0.05, 0) is 35.1 Å². The third-order valence-corrected chi connectivity index (χ3v) is 7.02. The molecule has 0 amide bonds. The second kappa shape index (κ2) is 11.0. The van der Waals surface area contributed by atoms with Crippen molar-refractivity contribution >= 4 is 0 Å². The van der Waals surface area contributed by atoms with Gasteiger partial charge in [0.2, 0.25) is 0 Å². The van der Waals surface area contributed by atoms with Crippen molar-refractivity contribution in [3.63, 3.8) is 0 Å². The van der Waals surface area contributed by atoms with Crippen molar-refractivity contribution < 1.29 is 14.6 Å². The molecule has 3 nitrogen and oxygen atoms in total. The summed E-state index contributed by atoms with van der Waals surface area (Å²) in [5, 5.41) is 10.7. The molecule has 0 aromatic heterocycles. The van der Waals surface area contributed by atoms with Crippen LogP contribution in [0.5, 0.6) is 0 Å². The van der Waals surface area contributed by atoms with Gasteiger partial charge in [-0.2, -0.15) is 0 Å². The molecule has 3 heteroatoms. The van der Waals surface area contributed by atoms with Gasteiger partial charge in [0, 0.05) is 5.92 Å².